The van der Waals surface area contributed by atoms with Gasteiger partial charge in [-0.15, -0.1) is 0 Å². The molecule has 1 aromatic carbocycles. The van der Waals surface area contributed by atoms with Crippen LogP contribution in [0.5, 0.6) is 0 Å². The van der Waals surface area contributed by atoms with Gasteiger partial charge in [0.25, 0.3) is 0 Å². The first-order chi connectivity index (χ1) is 5.13. The van der Waals surface area contributed by atoms with E-state index in [-0.39, 0.29) is 0 Å². The number of benzene rings is 1. The molecular formula is C8H8Cl2O. The highest BCUT2D eigenvalue weighted by Gasteiger charge is 2.07. The maximum absolute atomic E-state index is 9.19. The smallest absolute Gasteiger partial charge is 0.0776 e. The summed E-state index contributed by atoms with van der Waals surface area (Å²) in [6.45, 7) is 1.65. The van der Waals surface area contributed by atoms with Crippen molar-refractivity contribution in [2.24, 2.45) is 0 Å². The number of hydrogen-bond donors (Lipinski definition) is 1. The van der Waals surface area contributed by atoms with Gasteiger partial charge in [-0.25, -0.2) is 0 Å². The van der Waals surface area contributed by atoms with Gasteiger partial charge in [-0.3, -0.25) is 0 Å². The van der Waals surface area contributed by atoms with E-state index in [0.29, 0.717) is 15.6 Å². The van der Waals surface area contributed by atoms with Gasteiger partial charge in [-0.1, -0.05) is 35.3 Å². The second-order valence-corrected chi connectivity index (χ2v) is 3.10. The summed E-state index contributed by atoms with van der Waals surface area (Å²) in [7, 11) is 0. The quantitative estimate of drug-likeness (QED) is 0.723. The van der Waals surface area contributed by atoms with Gasteiger partial charge in [0.2, 0.25) is 0 Å². The molecule has 0 aliphatic carbocycles. The zero-order valence-corrected chi connectivity index (χ0v) is 7.52. The van der Waals surface area contributed by atoms with Crippen LogP contribution < -0.4 is 0 Å². The van der Waals surface area contributed by atoms with E-state index in [2.05, 4.69) is 0 Å². The molecule has 0 fully saturated rings. The van der Waals surface area contributed by atoms with Crippen LogP contribution in [0.15, 0.2) is 18.2 Å². The second kappa shape index (κ2) is 3.44. The fourth-order valence-electron chi connectivity index (χ4n) is 0.843. The SMILES string of the molecule is CC(O)c1cccc(Cl)c1Cl. The molecule has 1 unspecified atom stereocenters. The van der Waals surface area contributed by atoms with Gasteiger partial charge >= 0.3 is 0 Å². The summed E-state index contributed by atoms with van der Waals surface area (Å²) in [6, 6.07) is 5.20. The van der Waals surface area contributed by atoms with Crippen LogP contribution in [0.4, 0.5) is 0 Å². The molecule has 0 spiro atoms. The van der Waals surface area contributed by atoms with Crippen LogP contribution in [0, 0.1) is 0 Å². The Kier molecular flexibility index (Phi) is 2.77. The van der Waals surface area contributed by atoms with E-state index in [1.54, 1.807) is 25.1 Å². The van der Waals surface area contributed by atoms with Crippen LogP contribution in [0.25, 0.3) is 0 Å². The zero-order chi connectivity index (χ0) is 8.43. The minimum Gasteiger partial charge on any atom is -0.389 e. The van der Waals surface area contributed by atoms with Crippen LogP contribution in [0.3, 0.4) is 0 Å². The van der Waals surface area contributed by atoms with E-state index in [0.717, 1.165) is 0 Å². The van der Waals surface area contributed by atoms with Crippen LogP contribution in [-0.4, -0.2) is 5.11 Å². The molecule has 1 nitrogen and oxygen atoms in total. The Morgan fingerprint density at radius 2 is 2.00 bits per heavy atom. The molecule has 0 saturated carbocycles. The minimum absolute atomic E-state index is 0.434. The molecule has 11 heavy (non-hydrogen) atoms. The van der Waals surface area contributed by atoms with Crippen molar-refractivity contribution in [3.63, 3.8) is 0 Å². The lowest BCUT2D eigenvalue weighted by Crippen LogP contribution is -1.91. The maximum Gasteiger partial charge on any atom is 0.0776 e. The fraction of sp³-hybridized carbons (Fsp3) is 0.250. The molecule has 0 amide bonds. The van der Waals surface area contributed by atoms with E-state index in [4.69, 9.17) is 23.2 Å². The van der Waals surface area contributed by atoms with Crippen LogP contribution in [-0.2, 0) is 0 Å². The number of aliphatic hydroxyl groups excluding tert-OH is 1. The van der Waals surface area contributed by atoms with E-state index >= 15 is 0 Å². The topological polar surface area (TPSA) is 20.2 Å². The third-order valence-corrected chi connectivity index (χ3v) is 2.27. The lowest BCUT2D eigenvalue weighted by atomic mass is 10.1. The minimum atomic E-state index is -0.568. The van der Waals surface area contributed by atoms with Crippen molar-refractivity contribution >= 4 is 23.2 Å². The highest BCUT2D eigenvalue weighted by molar-refractivity contribution is 6.42. The summed E-state index contributed by atoms with van der Waals surface area (Å²) < 4.78 is 0. The first kappa shape index (κ1) is 8.85. The van der Waals surface area contributed by atoms with Gasteiger partial charge in [0.05, 0.1) is 16.1 Å². The molecule has 3 heteroatoms. The molecule has 0 aliphatic rings. The average Bonchev–Trinajstić information content (AvgIpc) is 1.94. The number of hydrogen-bond acceptors (Lipinski definition) is 1. The summed E-state index contributed by atoms with van der Waals surface area (Å²) in [6.07, 6.45) is -0.568. The van der Waals surface area contributed by atoms with Crippen molar-refractivity contribution in [2.75, 3.05) is 0 Å². The molecule has 1 N–H and O–H groups in total. The van der Waals surface area contributed by atoms with Gasteiger partial charge in [0, 0.05) is 5.56 Å². The Hall–Kier alpha value is -0.240. The molecule has 0 aliphatic heterocycles. The summed E-state index contributed by atoms with van der Waals surface area (Å²) in [4.78, 5) is 0. The second-order valence-electron chi connectivity index (χ2n) is 2.32. The fourth-order valence-corrected chi connectivity index (χ4v) is 1.31. The van der Waals surface area contributed by atoms with Crippen molar-refractivity contribution < 1.29 is 5.11 Å². The third kappa shape index (κ3) is 1.86. The summed E-state index contributed by atoms with van der Waals surface area (Å²) in [5, 5.41) is 10.1. The van der Waals surface area contributed by atoms with E-state index in [1.165, 1.54) is 0 Å². The van der Waals surface area contributed by atoms with Crippen molar-refractivity contribution in [3.05, 3.63) is 33.8 Å². The van der Waals surface area contributed by atoms with Crippen LogP contribution >= 0.6 is 23.2 Å². The molecule has 0 heterocycles. The maximum atomic E-state index is 9.19. The summed E-state index contributed by atoms with van der Waals surface area (Å²) in [5.74, 6) is 0. The largest absolute Gasteiger partial charge is 0.389 e. The Morgan fingerprint density at radius 3 is 2.45 bits per heavy atom. The Balaban J connectivity index is 3.17. The van der Waals surface area contributed by atoms with Gasteiger partial charge in [-0.2, -0.15) is 0 Å². The number of halogens is 2. The Morgan fingerprint density at radius 1 is 1.36 bits per heavy atom. The van der Waals surface area contributed by atoms with Crippen LogP contribution in [0.1, 0.15) is 18.6 Å². The molecule has 0 radical (unpaired) electrons. The molecule has 0 bridgehead atoms. The lowest BCUT2D eigenvalue weighted by molar-refractivity contribution is 0.199. The van der Waals surface area contributed by atoms with E-state index < -0.39 is 6.10 Å². The first-order valence-electron chi connectivity index (χ1n) is 3.25. The molecule has 1 rings (SSSR count). The molecule has 1 aromatic rings. The lowest BCUT2D eigenvalue weighted by Gasteiger charge is -2.07. The van der Waals surface area contributed by atoms with Gasteiger partial charge < -0.3 is 5.11 Å². The predicted octanol–water partition coefficient (Wildman–Crippen LogP) is 3.05. The predicted molar refractivity (Wildman–Crippen MR) is 47.1 cm³/mol. The number of aliphatic hydroxyl groups is 1. The van der Waals surface area contributed by atoms with Crippen molar-refractivity contribution in [3.8, 4) is 0 Å². The van der Waals surface area contributed by atoms with Gasteiger partial charge in [0.1, 0.15) is 0 Å². The monoisotopic (exact) mass is 190 g/mol. The van der Waals surface area contributed by atoms with E-state index in [9.17, 15) is 5.11 Å². The summed E-state index contributed by atoms with van der Waals surface area (Å²) >= 11 is 11.5. The van der Waals surface area contributed by atoms with Crippen molar-refractivity contribution in [1.29, 1.82) is 0 Å². The zero-order valence-electron chi connectivity index (χ0n) is 6.01. The standard InChI is InChI=1S/C8H8Cl2O/c1-5(11)6-3-2-4-7(9)8(6)10/h2-5,11H,1H3. The Labute approximate surface area is 75.6 Å². The normalized spacial score (nSPS) is 13.1. The molecule has 0 saturated heterocycles. The van der Waals surface area contributed by atoms with E-state index in [1.807, 2.05) is 0 Å². The highest BCUT2D eigenvalue weighted by Crippen LogP contribution is 2.29. The highest BCUT2D eigenvalue weighted by atomic mass is 35.5. The van der Waals surface area contributed by atoms with Gasteiger partial charge in [0.15, 0.2) is 0 Å². The summed E-state index contributed by atoms with van der Waals surface area (Å²) in [5.41, 5.74) is 0.666. The third-order valence-electron chi connectivity index (χ3n) is 1.43. The van der Waals surface area contributed by atoms with Crippen molar-refractivity contribution in [1.82, 2.24) is 0 Å². The molecule has 1 atom stereocenters. The van der Waals surface area contributed by atoms with Crippen molar-refractivity contribution in [2.45, 2.75) is 13.0 Å². The Bertz CT molecular complexity index is 258. The first-order valence-corrected chi connectivity index (χ1v) is 4.00. The van der Waals surface area contributed by atoms with Gasteiger partial charge in [-0.05, 0) is 13.0 Å². The molecular weight excluding hydrogens is 183 g/mol. The molecule has 60 valence electrons. The molecule has 0 aromatic heterocycles. The number of rotatable bonds is 1. The van der Waals surface area contributed by atoms with Crippen LogP contribution in [0.2, 0.25) is 10.0 Å². The average molecular weight is 191 g/mol.